The fourth-order valence-electron chi connectivity index (χ4n) is 2.52. The van der Waals surface area contributed by atoms with E-state index in [0.29, 0.717) is 11.8 Å². The highest BCUT2D eigenvalue weighted by atomic mass is 16.5. The summed E-state index contributed by atoms with van der Waals surface area (Å²) >= 11 is 0. The third kappa shape index (κ3) is 1.33. The van der Waals surface area contributed by atoms with Crippen molar-refractivity contribution < 1.29 is 9.47 Å². The number of hydrogen-bond donors (Lipinski definition) is 0. The number of hydrogen-bond acceptors (Lipinski definition) is 2. The molecule has 0 saturated heterocycles. The Hall–Kier alpha value is -0.920. The first-order valence-electron chi connectivity index (χ1n) is 5.19. The van der Waals surface area contributed by atoms with Crippen LogP contribution < -0.4 is 0 Å². The maximum absolute atomic E-state index is 5.34. The molecule has 0 N–H and O–H groups in total. The van der Waals surface area contributed by atoms with E-state index in [2.05, 4.69) is 13.0 Å². The Balaban J connectivity index is 1.90. The lowest BCUT2D eigenvalue weighted by Crippen LogP contribution is -1.96. The second-order valence-electron chi connectivity index (χ2n) is 4.13. The first-order chi connectivity index (χ1) is 6.74. The molecule has 1 saturated carbocycles. The van der Waals surface area contributed by atoms with Gasteiger partial charge in [-0.3, -0.25) is 0 Å². The molecule has 0 aromatic heterocycles. The molecule has 0 amide bonds. The van der Waals surface area contributed by atoms with E-state index in [1.165, 1.54) is 17.8 Å². The first-order valence-corrected chi connectivity index (χ1v) is 5.19. The fourth-order valence-corrected chi connectivity index (χ4v) is 2.52. The quantitative estimate of drug-likeness (QED) is 0.641. The van der Waals surface area contributed by atoms with Gasteiger partial charge in [0.1, 0.15) is 5.76 Å². The molecule has 2 aliphatic rings. The van der Waals surface area contributed by atoms with Crippen molar-refractivity contribution in [3.8, 4) is 0 Å². The third-order valence-corrected chi connectivity index (χ3v) is 3.43. The topological polar surface area (TPSA) is 18.5 Å². The van der Waals surface area contributed by atoms with Crippen LogP contribution in [0, 0.1) is 17.8 Å². The number of allylic oxidation sites excluding steroid dienone is 4. The normalized spacial score (nSPS) is 35.7. The standard InChI is InChI=1S/C12H18O2/c1-5-10(13-3)8-6-9(8)11-7(2)12(11)14-4/h5,8-9,11H,6H2,1-4H3. The van der Waals surface area contributed by atoms with Gasteiger partial charge in [-0.25, -0.2) is 0 Å². The smallest absolute Gasteiger partial charge is 0.103 e. The van der Waals surface area contributed by atoms with Gasteiger partial charge in [0.2, 0.25) is 0 Å². The van der Waals surface area contributed by atoms with Crippen LogP contribution in [0.4, 0.5) is 0 Å². The summed E-state index contributed by atoms with van der Waals surface area (Å²) in [5, 5.41) is 0. The second kappa shape index (κ2) is 3.34. The van der Waals surface area contributed by atoms with Gasteiger partial charge in [-0.05, 0) is 37.8 Å². The Morgan fingerprint density at radius 3 is 2.57 bits per heavy atom. The zero-order chi connectivity index (χ0) is 10.3. The van der Waals surface area contributed by atoms with Crippen molar-refractivity contribution in [3.05, 3.63) is 23.2 Å². The Kier molecular flexibility index (Phi) is 2.30. The Labute approximate surface area is 85.6 Å². The summed E-state index contributed by atoms with van der Waals surface area (Å²) in [4.78, 5) is 0. The molecule has 3 atom stereocenters. The molecule has 78 valence electrons. The lowest BCUT2D eigenvalue weighted by atomic mass is 10.1. The van der Waals surface area contributed by atoms with E-state index in [0.717, 1.165) is 11.7 Å². The van der Waals surface area contributed by atoms with Gasteiger partial charge in [-0.15, -0.1) is 0 Å². The Bertz CT molecular complexity index is 301. The molecule has 0 aromatic carbocycles. The first kappa shape index (κ1) is 9.63. The van der Waals surface area contributed by atoms with E-state index in [1.807, 2.05) is 6.92 Å². The zero-order valence-corrected chi connectivity index (χ0v) is 9.33. The molecule has 1 fully saturated rings. The molecule has 0 heterocycles. The third-order valence-electron chi connectivity index (χ3n) is 3.43. The molecule has 2 heteroatoms. The van der Waals surface area contributed by atoms with Crippen molar-refractivity contribution in [1.82, 2.24) is 0 Å². The summed E-state index contributed by atoms with van der Waals surface area (Å²) in [5.74, 6) is 4.36. The van der Waals surface area contributed by atoms with Crippen LogP contribution in [-0.2, 0) is 9.47 Å². The molecule has 0 aliphatic heterocycles. The highest BCUT2D eigenvalue weighted by molar-refractivity contribution is 5.39. The van der Waals surface area contributed by atoms with Gasteiger partial charge in [-0.2, -0.15) is 0 Å². The van der Waals surface area contributed by atoms with E-state index in [4.69, 9.17) is 9.47 Å². The van der Waals surface area contributed by atoms with E-state index in [9.17, 15) is 0 Å². The SMILES string of the molecule is CC=C(OC)C1CC1C1C(C)=C1OC. The maximum Gasteiger partial charge on any atom is 0.103 e. The monoisotopic (exact) mass is 194 g/mol. The maximum atomic E-state index is 5.34. The van der Waals surface area contributed by atoms with Gasteiger partial charge in [0.25, 0.3) is 0 Å². The van der Waals surface area contributed by atoms with Crippen molar-refractivity contribution in [2.24, 2.45) is 17.8 Å². The number of methoxy groups -OCH3 is 2. The zero-order valence-electron chi connectivity index (χ0n) is 9.33. The summed E-state index contributed by atoms with van der Waals surface area (Å²) in [7, 11) is 3.53. The van der Waals surface area contributed by atoms with E-state index < -0.39 is 0 Å². The molecular weight excluding hydrogens is 176 g/mol. The minimum atomic E-state index is 0.620. The number of ether oxygens (including phenoxy) is 2. The molecule has 0 aromatic rings. The molecule has 0 radical (unpaired) electrons. The van der Waals surface area contributed by atoms with E-state index in [-0.39, 0.29) is 0 Å². The van der Waals surface area contributed by atoms with Crippen molar-refractivity contribution in [1.29, 1.82) is 0 Å². The van der Waals surface area contributed by atoms with Gasteiger partial charge < -0.3 is 9.47 Å². The summed E-state index contributed by atoms with van der Waals surface area (Å²) in [6.45, 7) is 4.21. The van der Waals surface area contributed by atoms with Crippen LogP contribution >= 0.6 is 0 Å². The van der Waals surface area contributed by atoms with Gasteiger partial charge in [0, 0.05) is 11.8 Å². The highest BCUT2D eigenvalue weighted by Crippen LogP contribution is 2.60. The second-order valence-corrected chi connectivity index (χ2v) is 4.13. The van der Waals surface area contributed by atoms with Crippen LogP contribution in [0.25, 0.3) is 0 Å². The number of rotatable bonds is 4. The summed E-state index contributed by atoms with van der Waals surface area (Å²) < 4.78 is 10.6. The minimum Gasteiger partial charge on any atom is -0.501 e. The lowest BCUT2D eigenvalue weighted by Gasteiger charge is -2.04. The summed E-state index contributed by atoms with van der Waals surface area (Å²) in [6.07, 6.45) is 3.33. The molecule has 2 nitrogen and oxygen atoms in total. The predicted molar refractivity (Wildman–Crippen MR) is 55.6 cm³/mol. The Morgan fingerprint density at radius 2 is 2.14 bits per heavy atom. The molecular formula is C12H18O2. The predicted octanol–water partition coefficient (Wildman–Crippen LogP) is 2.72. The molecule has 14 heavy (non-hydrogen) atoms. The Morgan fingerprint density at radius 1 is 1.43 bits per heavy atom. The van der Waals surface area contributed by atoms with E-state index in [1.54, 1.807) is 14.2 Å². The molecule has 0 bridgehead atoms. The van der Waals surface area contributed by atoms with Crippen molar-refractivity contribution in [2.75, 3.05) is 14.2 Å². The van der Waals surface area contributed by atoms with Crippen LogP contribution in [-0.4, -0.2) is 14.2 Å². The largest absolute Gasteiger partial charge is 0.501 e. The van der Waals surface area contributed by atoms with Gasteiger partial charge in [0.15, 0.2) is 0 Å². The van der Waals surface area contributed by atoms with E-state index >= 15 is 0 Å². The lowest BCUT2D eigenvalue weighted by molar-refractivity contribution is 0.257. The molecule has 0 spiro atoms. The van der Waals surface area contributed by atoms with Crippen LogP contribution in [0.15, 0.2) is 23.2 Å². The average Bonchev–Trinajstić information content (AvgIpc) is 3.04. The van der Waals surface area contributed by atoms with Crippen molar-refractivity contribution >= 4 is 0 Å². The van der Waals surface area contributed by atoms with Crippen LogP contribution in [0.1, 0.15) is 20.3 Å². The van der Waals surface area contributed by atoms with Gasteiger partial charge in [-0.1, -0.05) is 0 Å². The minimum absolute atomic E-state index is 0.620. The van der Waals surface area contributed by atoms with Crippen molar-refractivity contribution in [3.63, 3.8) is 0 Å². The average molecular weight is 194 g/mol. The molecule has 3 unspecified atom stereocenters. The van der Waals surface area contributed by atoms with Gasteiger partial charge in [0.05, 0.1) is 20.0 Å². The van der Waals surface area contributed by atoms with Crippen LogP contribution in [0.2, 0.25) is 0 Å². The fraction of sp³-hybridized carbons (Fsp3) is 0.667. The highest BCUT2D eigenvalue weighted by Gasteiger charge is 2.54. The van der Waals surface area contributed by atoms with Gasteiger partial charge >= 0.3 is 0 Å². The molecule has 2 aliphatic carbocycles. The van der Waals surface area contributed by atoms with Crippen LogP contribution in [0.3, 0.4) is 0 Å². The summed E-state index contributed by atoms with van der Waals surface area (Å²) in [5.41, 5.74) is 1.44. The van der Waals surface area contributed by atoms with Crippen molar-refractivity contribution in [2.45, 2.75) is 20.3 Å². The summed E-state index contributed by atoms with van der Waals surface area (Å²) in [6, 6.07) is 0. The molecule has 2 rings (SSSR count). The van der Waals surface area contributed by atoms with Crippen LogP contribution in [0.5, 0.6) is 0 Å².